The first-order chi connectivity index (χ1) is 7.30. The predicted molar refractivity (Wildman–Crippen MR) is 71.2 cm³/mol. The van der Waals surface area contributed by atoms with Crippen molar-refractivity contribution in [2.45, 2.75) is 40.3 Å². The molecule has 1 aromatic rings. The minimum Gasteiger partial charge on any atom is -0.399 e. The summed E-state index contributed by atoms with van der Waals surface area (Å²) in [7, 11) is 2.17. The molecule has 1 atom stereocenters. The largest absolute Gasteiger partial charge is 0.399 e. The van der Waals surface area contributed by atoms with Gasteiger partial charge < -0.3 is 5.73 Å². The first-order valence-electron chi connectivity index (χ1n) is 5.85. The molecule has 0 fully saturated rings. The van der Waals surface area contributed by atoms with Crippen LogP contribution in [0.4, 0.5) is 5.69 Å². The van der Waals surface area contributed by atoms with Crippen molar-refractivity contribution < 1.29 is 0 Å². The number of nitrogens with zero attached hydrogens (tertiary/aromatic N) is 1. The Hall–Kier alpha value is -1.02. The van der Waals surface area contributed by atoms with Crippen LogP contribution in [0.15, 0.2) is 24.3 Å². The quantitative estimate of drug-likeness (QED) is 0.793. The maximum absolute atomic E-state index is 5.67. The fraction of sp³-hybridized carbons (Fsp3) is 0.571. The lowest BCUT2D eigenvalue weighted by molar-refractivity contribution is 0.134. The van der Waals surface area contributed by atoms with E-state index >= 15 is 0 Å². The third kappa shape index (κ3) is 3.53. The lowest BCUT2D eigenvalue weighted by atomic mass is 9.87. The summed E-state index contributed by atoms with van der Waals surface area (Å²) >= 11 is 0. The molecule has 90 valence electrons. The summed E-state index contributed by atoms with van der Waals surface area (Å²) in [6, 6.07) is 8.67. The van der Waals surface area contributed by atoms with Gasteiger partial charge in [0, 0.05) is 18.3 Å². The molecule has 0 aliphatic heterocycles. The fourth-order valence-corrected chi connectivity index (χ4v) is 1.71. The average Bonchev–Trinajstić information content (AvgIpc) is 2.19. The molecular formula is C14H24N2. The van der Waals surface area contributed by atoms with Crippen LogP contribution in [0.5, 0.6) is 0 Å². The van der Waals surface area contributed by atoms with Crippen LogP contribution in [-0.2, 0) is 6.54 Å². The van der Waals surface area contributed by atoms with Gasteiger partial charge in [0.15, 0.2) is 0 Å². The van der Waals surface area contributed by atoms with Gasteiger partial charge in [0.2, 0.25) is 0 Å². The summed E-state index contributed by atoms with van der Waals surface area (Å²) in [6.07, 6.45) is 0. The molecule has 0 aliphatic carbocycles. The summed E-state index contributed by atoms with van der Waals surface area (Å²) in [5, 5.41) is 0. The fourth-order valence-electron chi connectivity index (χ4n) is 1.71. The highest BCUT2D eigenvalue weighted by molar-refractivity contribution is 5.39. The zero-order valence-electron chi connectivity index (χ0n) is 11.1. The van der Waals surface area contributed by atoms with Gasteiger partial charge in [-0.25, -0.2) is 0 Å². The van der Waals surface area contributed by atoms with Crippen molar-refractivity contribution >= 4 is 5.69 Å². The van der Waals surface area contributed by atoms with E-state index in [1.165, 1.54) is 5.56 Å². The van der Waals surface area contributed by atoms with Crippen LogP contribution in [0.3, 0.4) is 0 Å². The van der Waals surface area contributed by atoms with E-state index < -0.39 is 0 Å². The summed E-state index contributed by atoms with van der Waals surface area (Å²) in [4.78, 5) is 2.38. The van der Waals surface area contributed by atoms with Gasteiger partial charge in [0.1, 0.15) is 0 Å². The first kappa shape index (κ1) is 13.0. The third-order valence-electron chi connectivity index (χ3n) is 3.33. The molecule has 0 aliphatic rings. The number of hydrogen-bond donors (Lipinski definition) is 1. The van der Waals surface area contributed by atoms with E-state index in [0.29, 0.717) is 11.5 Å². The number of hydrogen-bond acceptors (Lipinski definition) is 2. The summed E-state index contributed by atoms with van der Waals surface area (Å²) in [5.74, 6) is 0. The Morgan fingerprint density at radius 3 is 2.12 bits per heavy atom. The monoisotopic (exact) mass is 220 g/mol. The normalized spacial score (nSPS) is 14.1. The van der Waals surface area contributed by atoms with Gasteiger partial charge in [-0.3, -0.25) is 4.90 Å². The minimum atomic E-state index is 0.308. The van der Waals surface area contributed by atoms with E-state index in [1.54, 1.807) is 0 Å². The molecule has 1 rings (SSSR count). The van der Waals surface area contributed by atoms with Gasteiger partial charge in [-0.15, -0.1) is 0 Å². The molecule has 2 heteroatoms. The van der Waals surface area contributed by atoms with Crippen LogP contribution in [0.25, 0.3) is 0 Å². The number of rotatable bonds is 3. The van der Waals surface area contributed by atoms with E-state index in [0.717, 1.165) is 12.2 Å². The standard InChI is InChI=1S/C14H24N2/c1-11(14(2,3)4)16(5)10-12-6-8-13(15)9-7-12/h6-9,11H,10,15H2,1-5H3/t11-/m1/s1. The summed E-state index contributed by atoms with van der Waals surface area (Å²) < 4.78 is 0. The summed E-state index contributed by atoms with van der Waals surface area (Å²) in [5.41, 5.74) is 8.12. The molecule has 0 heterocycles. The van der Waals surface area contributed by atoms with Gasteiger partial charge in [-0.1, -0.05) is 32.9 Å². The number of nitrogen functional groups attached to an aromatic ring is 1. The highest BCUT2D eigenvalue weighted by atomic mass is 15.1. The lowest BCUT2D eigenvalue weighted by Crippen LogP contribution is -2.38. The molecule has 0 saturated carbocycles. The molecule has 0 saturated heterocycles. The second-order valence-corrected chi connectivity index (χ2v) is 5.70. The van der Waals surface area contributed by atoms with Gasteiger partial charge in [0.25, 0.3) is 0 Å². The van der Waals surface area contributed by atoms with E-state index in [2.05, 4.69) is 51.8 Å². The van der Waals surface area contributed by atoms with Gasteiger partial charge >= 0.3 is 0 Å². The van der Waals surface area contributed by atoms with Crippen molar-refractivity contribution in [3.05, 3.63) is 29.8 Å². The Morgan fingerprint density at radius 1 is 1.19 bits per heavy atom. The molecule has 0 radical (unpaired) electrons. The van der Waals surface area contributed by atoms with E-state index in [-0.39, 0.29) is 0 Å². The van der Waals surface area contributed by atoms with Gasteiger partial charge in [-0.2, -0.15) is 0 Å². The number of anilines is 1. The molecule has 0 amide bonds. The van der Waals surface area contributed by atoms with Crippen LogP contribution in [0.1, 0.15) is 33.3 Å². The van der Waals surface area contributed by atoms with E-state index in [9.17, 15) is 0 Å². The van der Waals surface area contributed by atoms with Crippen LogP contribution < -0.4 is 5.73 Å². The lowest BCUT2D eigenvalue weighted by Gasteiger charge is -2.35. The zero-order valence-corrected chi connectivity index (χ0v) is 11.1. The van der Waals surface area contributed by atoms with Crippen LogP contribution in [-0.4, -0.2) is 18.0 Å². The number of nitrogens with two attached hydrogens (primary N) is 1. The Balaban J connectivity index is 2.64. The van der Waals surface area contributed by atoms with Crippen molar-refractivity contribution in [2.75, 3.05) is 12.8 Å². The van der Waals surface area contributed by atoms with Gasteiger partial charge in [-0.05, 0) is 37.1 Å². The second kappa shape index (κ2) is 4.88. The van der Waals surface area contributed by atoms with Crippen LogP contribution in [0, 0.1) is 5.41 Å². The predicted octanol–water partition coefficient (Wildman–Crippen LogP) is 3.14. The second-order valence-electron chi connectivity index (χ2n) is 5.70. The molecule has 2 N–H and O–H groups in total. The highest BCUT2D eigenvalue weighted by Crippen LogP contribution is 2.24. The maximum atomic E-state index is 5.67. The Kier molecular flexibility index (Phi) is 3.98. The van der Waals surface area contributed by atoms with Crippen molar-refractivity contribution in [3.63, 3.8) is 0 Å². The van der Waals surface area contributed by atoms with Crippen molar-refractivity contribution in [2.24, 2.45) is 5.41 Å². The topological polar surface area (TPSA) is 29.3 Å². The molecule has 0 aromatic heterocycles. The van der Waals surface area contributed by atoms with Crippen molar-refractivity contribution in [1.82, 2.24) is 4.90 Å². The highest BCUT2D eigenvalue weighted by Gasteiger charge is 2.23. The summed E-state index contributed by atoms with van der Waals surface area (Å²) in [6.45, 7) is 10.1. The molecule has 0 bridgehead atoms. The Bertz CT molecular complexity index is 322. The smallest absolute Gasteiger partial charge is 0.0314 e. The Morgan fingerprint density at radius 2 is 1.69 bits per heavy atom. The van der Waals surface area contributed by atoms with E-state index in [1.807, 2.05) is 12.1 Å². The van der Waals surface area contributed by atoms with Gasteiger partial charge in [0.05, 0.1) is 0 Å². The SMILES string of the molecule is C[C@@H](N(C)Cc1ccc(N)cc1)C(C)(C)C. The molecule has 1 aromatic carbocycles. The Labute approximate surface area is 99.5 Å². The first-order valence-corrected chi connectivity index (χ1v) is 5.85. The van der Waals surface area contributed by atoms with E-state index in [4.69, 9.17) is 5.73 Å². The minimum absolute atomic E-state index is 0.308. The zero-order chi connectivity index (χ0) is 12.3. The third-order valence-corrected chi connectivity index (χ3v) is 3.33. The average molecular weight is 220 g/mol. The molecular weight excluding hydrogens is 196 g/mol. The van der Waals surface area contributed by atoms with Crippen LogP contribution >= 0.6 is 0 Å². The molecule has 16 heavy (non-hydrogen) atoms. The maximum Gasteiger partial charge on any atom is 0.0314 e. The molecule has 0 spiro atoms. The molecule has 2 nitrogen and oxygen atoms in total. The number of benzene rings is 1. The van der Waals surface area contributed by atoms with Crippen molar-refractivity contribution in [3.8, 4) is 0 Å². The van der Waals surface area contributed by atoms with Crippen molar-refractivity contribution in [1.29, 1.82) is 0 Å². The van der Waals surface area contributed by atoms with Crippen LogP contribution in [0.2, 0.25) is 0 Å². The molecule has 0 unspecified atom stereocenters.